The van der Waals surface area contributed by atoms with Gasteiger partial charge in [-0.3, -0.25) is 9.89 Å². The molecule has 6 heteroatoms. The Kier molecular flexibility index (Phi) is 6.12. The second-order valence-corrected chi connectivity index (χ2v) is 7.78. The fraction of sp³-hybridized carbons (Fsp3) is 0.333. The lowest BCUT2D eigenvalue weighted by Gasteiger charge is -2.28. The normalized spacial score (nSPS) is 13.7. The summed E-state index contributed by atoms with van der Waals surface area (Å²) in [7, 11) is 1.82. The molecule has 1 heterocycles. The minimum atomic E-state index is -0.262. The molecule has 1 aliphatic carbocycles. The van der Waals surface area contributed by atoms with Gasteiger partial charge >= 0.3 is 0 Å². The van der Waals surface area contributed by atoms with Crippen molar-refractivity contribution in [2.24, 2.45) is 0 Å². The van der Waals surface area contributed by atoms with Gasteiger partial charge in [0.05, 0.1) is 17.4 Å². The van der Waals surface area contributed by atoms with Crippen molar-refractivity contribution in [3.05, 3.63) is 71.7 Å². The zero-order valence-corrected chi connectivity index (χ0v) is 17.1. The number of rotatable bonds is 8. The lowest BCUT2D eigenvalue weighted by molar-refractivity contribution is 0.0774. The van der Waals surface area contributed by atoms with Gasteiger partial charge in [-0.2, -0.15) is 5.10 Å². The number of para-hydroxylation sites is 1. The fourth-order valence-electron chi connectivity index (χ4n) is 3.49. The molecule has 0 bridgehead atoms. The summed E-state index contributed by atoms with van der Waals surface area (Å²) < 4.78 is 19.1. The molecule has 0 atom stereocenters. The van der Waals surface area contributed by atoms with Crippen LogP contribution in [0.25, 0.3) is 11.3 Å². The molecule has 0 aliphatic heterocycles. The van der Waals surface area contributed by atoms with Crippen molar-refractivity contribution in [1.82, 2.24) is 15.1 Å². The molecular formula is C24H26FN3O2. The summed E-state index contributed by atoms with van der Waals surface area (Å²) >= 11 is 0. The van der Waals surface area contributed by atoms with Crippen LogP contribution in [-0.2, 0) is 6.42 Å². The van der Waals surface area contributed by atoms with E-state index in [0.29, 0.717) is 17.9 Å². The van der Waals surface area contributed by atoms with E-state index >= 15 is 0 Å². The van der Waals surface area contributed by atoms with Gasteiger partial charge in [0.25, 0.3) is 5.91 Å². The van der Waals surface area contributed by atoms with Crippen molar-refractivity contribution < 1.29 is 13.9 Å². The summed E-state index contributed by atoms with van der Waals surface area (Å²) in [5.41, 5.74) is 3.27. The quantitative estimate of drug-likeness (QED) is 0.581. The number of ether oxygens (including phenoxy) is 1. The van der Waals surface area contributed by atoms with Gasteiger partial charge in [-0.1, -0.05) is 12.1 Å². The standard InChI is InChI=1S/C24H26FN3O2/c1-28(24(29)21-9-2-3-10-23(21)30-20-7-4-8-20)15-5-6-19-16-22(27-26-19)17-11-13-18(25)14-12-17/h2-3,9-14,16,20H,4-8,15H2,1H3,(H,26,27). The summed E-state index contributed by atoms with van der Waals surface area (Å²) in [5, 5.41) is 7.33. The fourth-order valence-corrected chi connectivity index (χ4v) is 3.49. The molecule has 2 aromatic carbocycles. The van der Waals surface area contributed by atoms with E-state index < -0.39 is 0 Å². The van der Waals surface area contributed by atoms with Gasteiger partial charge < -0.3 is 9.64 Å². The number of aryl methyl sites for hydroxylation is 1. The first-order valence-corrected chi connectivity index (χ1v) is 10.4. The number of carbonyl (C=O) groups excluding carboxylic acids is 1. The van der Waals surface area contributed by atoms with Crippen LogP contribution in [0.5, 0.6) is 5.75 Å². The zero-order valence-electron chi connectivity index (χ0n) is 17.1. The molecule has 0 unspecified atom stereocenters. The number of nitrogens with one attached hydrogen (secondary N) is 1. The summed E-state index contributed by atoms with van der Waals surface area (Å²) in [4.78, 5) is 14.6. The van der Waals surface area contributed by atoms with E-state index in [9.17, 15) is 9.18 Å². The van der Waals surface area contributed by atoms with Gasteiger partial charge in [-0.25, -0.2) is 4.39 Å². The van der Waals surface area contributed by atoms with Gasteiger partial charge in [-0.15, -0.1) is 0 Å². The third-order valence-electron chi connectivity index (χ3n) is 5.52. The molecule has 5 nitrogen and oxygen atoms in total. The van der Waals surface area contributed by atoms with Crippen molar-refractivity contribution in [3.63, 3.8) is 0 Å². The Morgan fingerprint density at radius 2 is 1.97 bits per heavy atom. The van der Waals surface area contributed by atoms with E-state index in [1.807, 2.05) is 37.4 Å². The molecule has 1 aromatic heterocycles. The van der Waals surface area contributed by atoms with Gasteiger partial charge in [0, 0.05) is 24.8 Å². The SMILES string of the molecule is CN(CCCc1cc(-c2ccc(F)cc2)n[nH]1)C(=O)c1ccccc1OC1CCC1. The van der Waals surface area contributed by atoms with Crippen molar-refractivity contribution in [2.75, 3.05) is 13.6 Å². The van der Waals surface area contributed by atoms with Crippen molar-refractivity contribution in [2.45, 2.75) is 38.2 Å². The van der Waals surface area contributed by atoms with Crippen molar-refractivity contribution >= 4 is 5.91 Å². The second-order valence-electron chi connectivity index (χ2n) is 7.78. The molecule has 1 saturated carbocycles. The molecular weight excluding hydrogens is 381 g/mol. The lowest BCUT2D eigenvalue weighted by atomic mass is 9.96. The van der Waals surface area contributed by atoms with Crippen LogP contribution in [0.1, 0.15) is 41.7 Å². The van der Waals surface area contributed by atoms with E-state index in [-0.39, 0.29) is 17.8 Å². The Balaban J connectivity index is 1.31. The molecule has 156 valence electrons. The molecule has 1 fully saturated rings. The monoisotopic (exact) mass is 407 g/mol. The predicted octanol–water partition coefficient (Wildman–Crippen LogP) is 4.85. The maximum atomic E-state index is 13.1. The Morgan fingerprint density at radius 3 is 2.70 bits per heavy atom. The van der Waals surface area contributed by atoms with Gasteiger partial charge in [0.15, 0.2) is 0 Å². The minimum absolute atomic E-state index is 0.0264. The maximum absolute atomic E-state index is 13.1. The second kappa shape index (κ2) is 9.11. The lowest BCUT2D eigenvalue weighted by Crippen LogP contribution is -2.30. The van der Waals surface area contributed by atoms with Crippen LogP contribution in [0.2, 0.25) is 0 Å². The largest absolute Gasteiger partial charge is 0.490 e. The van der Waals surface area contributed by atoms with E-state index in [1.165, 1.54) is 18.6 Å². The van der Waals surface area contributed by atoms with Crippen LogP contribution in [0, 0.1) is 5.82 Å². The van der Waals surface area contributed by atoms with E-state index in [4.69, 9.17) is 4.74 Å². The highest BCUT2D eigenvalue weighted by atomic mass is 19.1. The number of amides is 1. The molecule has 0 saturated heterocycles. The number of benzene rings is 2. The van der Waals surface area contributed by atoms with Crippen LogP contribution < -0.4 is 4.74 Å². The average molecular weight is 407 g/mol. The van der Waals surface area contributed by atoms with Crippen LogP contribution >= 0.6 is 0 Å². The molecule has 1 amide bonds. The predicted molar refractivity (Wildman–Crippen MR) is 114 cm³/mol. The minimum Gasteiger partial charge on any atom is -0.490 e. The molecule has 3 aromatic rings. The zero-order chi connectivity index (χ0) is 20.9. The van der Waals surface area contributed by atoms with Crippen molar-refractivity contribution in [3.8, 4) is 17.0 Å². The number of H-pyrrole nitrogens is 1. The first kappa shape index (κ1) is 20.1. The van der Waals surface area contributed by atoms with Crippen LogP contribution in [0.4, 0.5) is 4.39 Å². The van der Waals surface area contributed by atoms with E-state index in [0.717, 1.165) is 42.6 Å². The average Bonchev–Trinajstić information content (AvgIpc) is 3.20. The van der Waals surface area contributed by atoms with Crippen molar-refractivity contribution in [1.29, 1.82) is 0 Å². The van der Waals surface area contributed by atoms with Gasteiger partial charge in [-0.05, 0) is 74.6 Å². The van der Waals surface area contributed by atoms with E-state index in [2.05, 4.69) is 10.2 Å². The van der Waals surface area contributed by atoms with Crippen LogP contribution in [-0.4, -0.2) is 40.7 Å². The molecule has 1 N–H and O–H groups in total. The number of hydrogen-bond acceptors (Lipinski definition) is 3. The maximum Gasteiger partial charge on any atom is 0.257 e. The molecule has 0 radical (unpaired) electrons. The number of hydrogen-bond donors (Lipinski definition) is 1. The first-order valence-electron chi connectivity index (χ1n) is 10.4. The van der Waals surface area contributed by atoms with Gasteiger partial charge in [0.2, 0.25) is 0 Å². The summed E-state index contributed by atoms with van der Waals surface area (Å²) in [6.45, 7) is 0.626. The number of aromatic amines is 1. The Morgan fingerprint density at radius 1 is 1.20 bits per heavy atom. The van der Waals surface area contributed by atoms with Crippen LogP contribution in [0.15, 0.2) is 54.6 Å². The smallest absolute Gasteiger partial charge is 0.257 e. The summed E-state index contributed by atoms with van der Waals surface area (Å²) in [6, 6.07) is 15.7. The Hall–Kier alpha value is -3.15. The molecule has 30 heavy (non-hydrogen) atoms. The summed E-state index contributed by atoms with van der Waals surface area (Å²) in [5.74, 6) is 0.389. The number of nitrogens with zero attached hydrogens (tertiary/aromatic N) is 2. The highest BCUT2D eigenvalue weighted by Gasteiger charge is 2.23. The number of aromatic nitrogens is 2. The molecule has 1 aliphatic rings. The van der Waals surface area contributed by atoms with E-state index in [1.54, 1.807) is 17.0 Å². The third kappa shape index (κ3) is 4.70. The highest BCUT2D eigenvalue weighted by Crippen LogP contribution is 2.28. The molecule has 4 rings (SSSR count). The number of halogens is 1. The van der Waals surface area contributed by atoms with Gasteiger partial charge in [0.1, 0.15) is 11.6 Å². The summed E-state index contributed by atoms with van der Waals surface area (Å²) in [6.07, 6.45) is 5.12. The molecule has 0 spiro atoms. The highest BCUT2D eigenvalue weighted by molar-refractivity contribution is 5.96. The third-order valence-corrected chi connectivity index (χ3v) is 5.52. The Labute approximate surface area is 175 Å². The topological polar surface area (TPSA) is 58.2 Å². The Bertz CT molecular complexity index is 996. The van der Waals surface area contributed by atoms with Crippen LogP contribution in [0.3, 0.4) is 0 Å². The first-order chi connectivity index (χ1) is 14.6. The number of carbonyl (C=O) groups is 1.